The highest BCUT2D eigenvalue weighted by Crippen LogP contribution is 2.42. The summed E-state index contributed by atoms with van der Waals surface area (Å²) in [7, 11) is 0. The van der Waals surface area contributed by atoms with Crippen LogP contribution < -0.4 is 0 Å². The van der Waals surface area contributed by atoms with Crippen molar-refractivity contribution in [3.63, 3.8) is 0 Å². The van der Waals surface area contributed by atoms with Gasteiger partial charge < -0.3 is 5.11 Å². The number of unbranched alkanes of at least 4 members (excludes halogenated alkanes) is 1. The quantitative estimate of drug-likeness (QED) is 0.795. The average Bonchev–Trinajstić information content (AvgIpc) is 2.25. The lowest BCUT2D eigenvalue weighted by atomic mass is 9.73. The van der Waals surface area contributed by atoms with Crippen LogP contribution in [0, 0.1) is 0 Å². The van der Waals surface area contributed by atoms with E-state index < -0.39 is 0 Å². The molecule has 102 valence electrons. The molecule has 0 amide bonds. The first-order valence-corrected chi connectivity index (χ1v) is 7.37. The van der Waals surface area contributed by atoms with Gasteiger partial charge in [0.05, 0.1) is 6.10 Å². The highest BCUT2D eigenvalue weighted by molar-refractivity contribution is 5.03. The molecule has 0 radical (unpaired) electrons. The number of nitrogens with zero attached hydrogens (tertiary/aromatic N) is 1. The maximum atomic E-state index is 10.2. The lowest BCUT2D eigenvalue weighted by Gasteiger charge is -2.57. The molecule has 0 aromatic carbocycles. The minimum absolute atomic E-state index is 0.122. The number of aliphatic hydroxyl groups is 1. The molecule has 0 aromatic heterocycles. The standard InChI is InChI=1S/C15H31NO/c1-6-9-10-16-14(4,5)11-13(17)12-15(16,7-2)8-3/h13,17H,6-12H2,1-5H3. The molecule has 1 saturated heterocycles. The average molecular weight is 241 g/mol. The Kier molecular flexibility index (Phi) is 5.03. The molecular formula is C15H31NO. The van der Waals surface area contributed by atoms with Gasteiger partial charge in [0.25, 0.3) is 0 Å². The molecule has 1 rings (SSSR count). The van der Waals surface area contributed by atoms with Crippen LogP contribution in [0.1, 0.15) is 73.1 Å². The topological polar surface area (TPSA) is 23.5 Å². The molecule has 1 unspecified atom stereocenters. The number of likely N-dealkylation sites (tertiary alicyclic amines) is 1. The third-order valence-corrected chi connectivity index (χ3v) is 4.71. The highest BCUT2D eigenvalue weighted by Gasteiger charge is 2.47. The summed E-state index contributed by atoms with van der Waals surface area (Å²) in [6.07, 6.45) is 6.55. The Balaban J connectivity index is 2.95. The summed E-state index contributed by atoms with van der Waals surface area (Å²) >= 11 is 0. The summed E-state index contributed by atoms with van der Waals surface area (Å²) in [5.41, 5.74) is 0.356. The Labute approximate surface area is 107 Å². The molecule has 1 aliphatic heterocycles. The number of rotatable bonds is 5. The van der Waals surface area contributed by atoms with Crippen LogP contribution in [-0.2, 0) is 0 Å². The van der Waals surface area contributed by atoms with Crippen LogP contribution >= 0.6 is 0 Å². The zero-order valence-corrected chi connectivity index (χ0v) is 12.4. The minimum Gasteiger partial charge on any atom is -0.393 e. The monoisotopic (exact) mass is 241 g/mol. The van der Waals surface area contributed by atoms with Crippen LogP contribution in [0.5, 0.6) is 0 Å². The predicted molar refractivity (Wildman–Crippen MR) is 74.2 cm³/mol. The molecule has 0 aliphatic carbocycles. The van der Waals surface area contributed by atoms with Gasteiger partial charge in [-0.05, 0) is 52.5 Å². The molecule has 0 spiro atoms. The van der Waals surface area contributed by atoms with E-state index in [-0.39, 0.29) is 17.2 Å². The van der Waals surface area contributed by atoms with Gasteiger partial charge in [0, 0.05) is 11.1 Å². The van der Waals surface area contributed by atoms with E-state index in [9.17, 15) is 5.11 Å². The maximum Gasteiger partial charge on any atom is 0.0575 e. The Bertz CT molecular complexity index is 233. The summed E-state index contributed by atoms with van der Waals surface area (Å²) in [5, 5.41) is 10.2. The number of aliphatic hydroxyl groups excluding tert-OH is 1. The number of hydrogen-bond donors (Lipinski definition) is 1. The van der Waals surface area contributed by atoms with Crippen molar-refractivity contribution in [1.82, 2.24) is 4.90 Å². The van der Waals surface area contributed by atoms with Crippen LogP contribution in [0.3, 0.4) is 0 Å². The first-order valence-electron chi connectivity index (χ1n) is 7.37. The fourth-order valence-electron chi connectivity index (χ4n) is 3.73. The van der Waals surface area contributed by atoms with E-state index in [2.05, 4.69) is 39.5 Å². The van der Waals surface area contributed by atoms with Gasteiger partial charge in [0.2, 0.25) is 0 Å². The second kappa shape index (κ2) is 5.71. The van der Waals surface area contributed by atoms with Crippen LogP contribution in [0.4, 0.5) is 0 Å². The fourth-order valence-corrected chi connectivity index (χ4v) is 3.73. The molecule has 1 aliphatic rings. The summed E-state index contributed by atoms with van der Waals surface area (Å²) in [6.45, 7) is 12.6. The lowest BCUT2D eigenvalue weighted by Crippen LogP contribution is -2.64. The Morgan fingerprint density at radius 2 is 1.71 bits per heavy atom. The van der Waals surface area contributed by atoms with Crippen molar-refractivity contribution in [3.8, 4) is 0 Å². The predicted octanol–water partition coefficient (Wildman–Crippen LogP) is 3.58. The normalized spacial score (nSPS) is 28.2. The molecule has 1 fully saturated rings. The number of piperidine rings is 1. The second-order valence-electron chi connectivity index (χ2n) is 6.31. The molecular weight excluding hydrogens is 210 g/mol. The van der Waals surface area contributed by atoms with Crippen molar-refractivity contribution < 1.29 is 5.11 Å². The van der Waals surface area contributed by atoms with Gasteiger partial charge in [-0.25, -0.2) is 0 Å². The highest BCUT2D eigenvalue weighted by atomic mass is 16.3. The van der Waals surface area contributed by atoms with E-state index in [1.165, 1.54) is 19.4 Å². The summed E-state index contributed by atoms with van der Waals surface area (Å²) in [6, 6.07) is 0. The van der Waals surface area contributed by atoms with E-state index in [0.717, 1.165) is 25.7 Å². The Hall–Kier alpha value is -0.0800. The molecule has 0 aromatic rings. The molecule has 1 N–H and O–H groups in total. The van der Waals surface area contributed by atoms with Crippen molar-refractivity contribution in [3.05, 3.63) is 0 Å². The van der Waals surface area contributed by atoms with E-state index in [1.807, 2.05) is 0 Å². The largest absolute Gasteiger partial charge is 0.393 e. The maximum absolute atomic E-state index is 10.2. The lowest BCUT2D eigenvalue weighted by molar-refractivity contribution is -0.100. The van der Waals surface area contributed by atoms with Crippen LogP contribution in [0.25, 0.3) is 0 Å². The zero-order chi connectivity index (χ0) is 13.1. The third kappa shape index (κ3) is 3.03. The van der Waals surface area contributed by atoms with Crippen molar-refractivity contribution in [2.75, 3.05) is 6.54 Å². The van der Waals surface area contributed by atoms with Crippen molar-refractivity contribution in [2.45, 2.75) is 90.3 Å². The molecule has 0 saturated carbocycles. The molecule has 0 bridgehead atoms. The minimum atomic E-state index is -0.122. The van der Waals surface area contributed by atoms with Crippen LogP contribution in [0.2, 0.25) is 0 Å². The molecule has 1 atom stereocenters. The summed E-state index contributed by atoms with van der Waals surface area (Å²) in [5.74, 6) is 0. The van der Waals surface area contributed by atoms with Gasteiger partial charge >= 0.3 is 0 Å². The van der Waals surface area contributed by atoms with E-state index in [4.69, 9.17) is 0 Å². The molecule has 2 heteroatoms. The first-order chi connectivity index (χ1) is 7.91. The number of hydrogen-bond acceptors (Lipinski definition) is 2. The fraction of sp³-hybridized carbons (Fsp3) is 1.00. The second-order valence-corrected chi connectivity index (χ2v) is 6.31. The summed E-state index contributed by atoms with van der Waals surface area (Å²) < 4.78 is 0. The summed E-state index contributed by atoms with van der Waals surface area (Å²) in [4.78, 5) is 2.69. The Morgan fingerprint density at radius 3 is 2.18 bits per heavy atom. The van der Waals surface area contributed by atoms with E-state index >= 15 is 0 Å². The SMILES string of the molecule is CCCCN1C(C)(C)CC(O)CC1(CC)CC. The third-order valence-electron chi connectivity index (χ3n) is 4.71. The molecule has 17 heavy (non-hydrogen) atoms. The molecule has 2 nitrogen and oxygen atoms in total. The van der Waals surface area contributed by atoms with Crippen molar-refractivity contribution >= 4 is 0 Å². The van der Waals surface area contributed by atoms with Gasteiger partial charge in [-0.15, -0.1) is 0 Å². The zero-order valence-electron chi connectivity index (χ0n) is 12.4. The van der Waals surface area contributed by atoms with Gasteiger partial charge in [0.15, 0.2) is 0 Å². The van der Waals surface area contributed by atoms with E-state index in [0.29, 0.717) is 0 Å². The van der Waals surface area contributed by atoms with Gasteiger partial charge in [0.1, 0.15) is 0 Å². The smallest absolute Gasteiger partial charge is 0.0575 e. The van der Waals surface area contributed by atoms with Crippen molar-refractivity contribution in [1.29, 1.82) is 0 Å². The van der Waals surface area contributed by atoms with Gasteiger partial charge in [-0.2, -0.15) is 0 Å². The van der Waals surface area contributed by atoms with Crippen LogP contribution in [-0.4, -0.2) is 33.7 Å². The van der Waals surface area contributed by atoms with Crippen molar-refractivity contribution in [2.24, 2.45) is 0 Å². The molecule has 1 heterocycles. The van der Waals surface area contributed by atoms with Gasteiger partial charge in [-0.1, -0.05) is 27.2 Å². The van der Waals surface area contributed by atoms with Crippen LogP contribution in [0.15, 0.2) is 0 Å². The van der Waals surface area contributed by atoms with E-state index in [1.54, 1.807) is 0 Å². The van der Waals surface area contributed by atoms with Gasteiger partial charge in [-0.3, -0.25) is 4.90 Å². The first kappa shape index (κ1) is 15.0. The Morgan fingerprint density at radius 1 is 1.12 bits per heavy atom.